The highest BCUT2D eigenvalue weighted by Crippen LogP contribution is 2.30. The van der Waals surface area contributed by atoms with Crippen LogP contribution in [0.15, 0.2) is 0 Å². The van der Waals surface area contributed by atoms with E-state index in [4.69, 9.17) is 0 Å². The van der Waals surface area contributed by atoms with E-state index in [0.29, 0.717) is 24.5 Å². The Kier molecular flexibility index (Phi) is 4.39. The monoisotopic (exact) mass is 199 g/mol. The number of likely N-dealkylation sites (tertiary alicyclic amines) is 1. The molecule has 0 aliphatic carbocycles. The molecule has 0 aromatic heterocycles. The third-order valence-corrected chi connectivity index (χ3v) is 3.65. The Balaban J connectivity index is 2.54. The largest absolute Gasteiger partial charge is 0.396 e. The maximum atomic E-state index is 9.38. The summed E-state index contributed by atoms with van der Waals surface area (Å²) in [7, 11) is 0. The molecule has 0 bridgehead atoms. The third kappa shape index (κ3) is 2.71. The normalized spacial score (nSPS) is 30.2. The molecule has 1 fully saturated rings. The van der Waals surface area contributed by atoms with Gasteiger partial charge in [0.05, 0.1) is 0 Å². The van der Waals surface area contributed by atoms with Crippen LogP contribution in [0.25, 0.3) is 0 Å². The summed E-state index contributed by atoms with van der Waals surface area (Å²) in [5.41, 5.74) is 0. The van der Waals surface area contributed by atoms with Crippen molar-refractivity contribution >= 4 is 0 Å². The van der Waals surface area contributed by atoms with E-state index in [-0.39, 0.29) is 0 Å². The Morgan fingerprint density at radius 3 is 2.36 bits per heavy atom. The quantitative estimate of drug-likeness (QED) is 0.751. The smallest absolute Gasteiger partial charge is 0.0474 e. The Morgan fingerprint density at radius 2 is 1.93 bits per heavy atom. The predicted octanol–water partition coefficient (Wildman–Crippen LogP) is 1.98. The molecule has 1 heterocycles. The molecule has 2 nitrogen and oxygen atoms in total. The highest BCUT2D eigenvalue weighted by molar-refractivity contribution is 4.83. The van der Waals surface area contributed by atoms with E-state index in [2.05, 4.69) is 32.6 Å². The lowest BCUT2D eigenvalue weighted by molar-refractivity contribution is 0.0366. The average Bonchev–Trinajstić information content (AvgIpc) is 2.16. The first-order chi connectivity index (χ1) is 6.56. The third-order valence-electron chi connectivity index (χ3n) is 3.65. The van der Waals surface area contributed by atoms with Gasteiger partial charge in [-0.05, 0) is 44.6 Å². The number of aliphatic hydroxyl groups is 1. The average molecular weight is 199 g/mol. The molecular formula is C12H25NO. The SMILES string of the molecule is CC(C)[C@H]1CCN(C(C)C)C[C@@H]1CO. The van der Waals surface area contributed by atoms with Crippen LogP contribution in [0, 0.1) is 17.8 Å². The van der Waals surface area contributed by atoms with Gasteiger partial charge in [-0.2, -0.15) is 0 Å². The van der Waals surface area contributed by atoms with Crippen molar-refractivity contribution < 1.29 is 5.11 Å². The summed E-state index contributed by atoms with van der Waals surface area (Å²) in [6.45, 7) is 11.7. The van der Waals surface area contributed by atoms with Gasteiger partial charge in [-0.3, -0.25) is 0 Å². The Bertz CT molecular complexity index is 168. The van der Waals surface area contributed by atoms with Crippen LogP contribution in [0.5, 0.6) is 0 Å². The second-order valence-electron chi connectivity index (χ2n) is 5.23. The number of nitrogens with zero attached hydrogens (tertiary/aromatic N) is 1. The molecule has 1 aliphatic rings. The van der Waals surface area contributed by atoms with E-state index < -0.39 is 0 Å². The van der Waals surface area contributed by atoms with Crippen LogP contribution >= 0.6 is 0 Å². The molecule has 0 aromatic rings. The number of rotatable bonds is 3. The zero-order valence-corrected chi connectivity index (χ0v) is 10.0. The molecule has 1 saturated heterocycles. The fraction of sp³-hybridized carbons (Fsp3) is 1.00. The van der Waals surface area contributed by atoms with Crippen molar-refractivity contribution in [2.24, 2.45) is 17.8 Å². The fourth-order valence-corrected chi connectivity index (χ4v) is 2.62. The number of hydrogen-bond acceptors (Lipinski definition) is 2. The molecule has 0 saturated carbocycles. The molecule has 1 aliphatic heterocycles. The molecule has 14 heavy (non-hydrogen) atoms. The lowest BCUT2D eigenvalue weighted by atomic mass is 9.78. The lowest BCUT2D eigenvalue weighted by Crippen LogP contribution is -2.46. The van der Waals surface area contributed by atoms with Crippen molar-refractivity contribution in [2.45, 2.75) is 40.2 Å². The highest BCUT2D eigenvalue weighted by atomic mass is 16.3. The Morgan fingerprint density at radius 1 is 1.29 bits per heavy atom. The molecular weight excluding hydrogens is 174 g/mol. The van der Waals surface area contributed by atoms with Crippen molar-refractivity contribution in [3.05, 3.63) is 0 Å². The van der Waals surface area contributed by atoms with Crippen LogP contribution in [0.3, 0.4) is 0 Å². The molecule has 1 N–H and O–H groups in total. The van der Waals surface area contributed by atoms with E-state index in [1.165, 1.54) is 13.0 Å². The molecule has 2 heteroatoms. The predicted molar refractivity (Wildman–Crippen MR) is 60.2 cm³/mol. The van der Waals surface area contributed by atoms with Gasteiger partial charge in [-0.15, -0.1) is 0 Å². The zero-order chi connectivity index (χ0) is 10.7. The first-order valence-corrected chi connectivity index (χ1v) is 5.91. The molecule has 0 radical (unpaired) electrons. The van der Waals surface area contributed by atoms with Gasteiger partial charge in [0.15, 0.2) is 0 Å². The minimum Gasteiger partial charge on any atom is -0.396 e. The number of aliphatic hydroxyl groups excluding tert-OH is 1. The highest BCUT2D eigenvalue weighted by Gasteiger charge is 2.31. The summed E-state index contributed by atoms with van der Waals surface area (Å²) in [5.74, 6) is 1.92. The van der Waals surface area contributed by atoms with Crippen molar-refractivity contribution in [3.8, 4) is 0 Å². The minimum atomic E-state index is 0.353. The van der Waals surface area contributed by atoms with E-state index >= 15 is 0 Å². The Labute approximate surface area is 88.3 Å². The van der Waals surface area contributed by atoms with Gasteiger partial charge in [0, 0.05) is 19.2 Å². The van der Waals surface area contributed by atoms with Gasteiger partial charge in [-0.1, -0.05) is 13.8 Å². The number of hydrogen-bond donors (Lipinski definition) is 1. The van der Waals surface area contributed by atoms with Gasteiger partial charge in [0.25, 0.3) is 0 Å². The van der Waals surface area contributed by atoms with Gasteiger partial charge in [0.1, 0.15) is 0 Å². The summed E-state index contributed by atoms with van der Waals surface area (Å²) in [6, 6.07) is 0.622. The fourth-order valence-electron chi connectivity index (χ4n) is 2.62. The molecule has 0 amide bonds. The summed E-state index contributed by atoms with van der Waals surface area (Å²) in [5, 5.41) is 9.38. The Hall–Kier alpha value is -0.0800. The van der Waals surface area contributed by atoms with Crippen LogP contribution in [0.4, 0.5) is 0 Å². The zero-order valence-electron chi connectivity index (χ0n) is 10.0. The van der Waals surface area contributed by atoms with Crippen LogP contribution < -0.4 is 0 Å². The first-order valence-electron chi connectivity index (χ1n) is 5.91. The van der Waals surface area contributed by atoms with E-state index in [1.807, 2.05) is 0 Å². The maximum Gasteiger partial charge on any atom is 0.0474 e. The molecule has 1 rings (SSSR count). The van der Waals surface area contributed by atoms with Crippen LogP contribution in [0.1, 0.15) is 34.1 Å². The van der Waals surface area contributed by atoms with Gasteiger partial charge in [0.2, 0.25) is 0 Å². The summed E-state index contributed by atoms with van der Waals surface area (Å²) < 4.78 is 0. The van der Waals surface area contributed by atoms with Crippen molar-refractivity contribution in [1.82, 2.24) is 4.90 Å². The van der Waals surface area contributed by atoms with Crippen molar-refractivity contribution in [1.29, 1.82) is 0 Å². The summed E-state index contributed by atoms with van der Waals surface area (Å²) in [6.07, 6.45) is 1.25. The van der Waals surface area contributed by atoms with E-state index in [0.717, 1.165) is 12.5 Å². The van der Waals surface area contributed by atoms with E-state index in [1.54, 1.807) is 0 Å². The van der Waals surface area contributed by atoms with Gasteiger partial charge < -0.3 is 10.0 Å². The van der Waals surface area contributed by atoms with Crippen LogP contribution in [-0.4, -0.2) is 35.7 Å². The van der Waals surface area contributed by atoms with Gasteiger partial charge >= 0.3 is 0 Å². The minimum absolute atomic E-state index is 0.353. The first kappa shape index (κ1) is 12.0. The topological polar surface area (TPSA) is 23.5 Å². The molecule has 0 spiro atoms. The second-order valence-corrected chi connectivity index (χ2v) is 5.23. The van der Waals surface area contributed by atoms with Crippen molar-refractivity contribution in [3.63, 3.8) is 0 Å². The molecule has 0 unspecified atom stereocenters. The number of piperidine rings is 1. The van der Waals surface area contributed by atoms with Gasteiger partial charge in [-0.25, -0.2) is 0 Å². The molecule has 2 atom stereocenters. The summed E-state index contributed by atoms with van der Waals surface area (Å²) in [4.78, 5) is 2.49. The summed E-state index contributed by atoms with van der Waals surface area (Å²) >= 11 is 0. The lowest BCUT2D eigenvalue weighted by Gasteiger charge is -2.41. The molecule has 84 valence electrons. The van der Waals surface area contributed by atoms with E-state index in [9.17, 15) is 5.11 Å². The second kappa shape index (κ2) is 5.13. The standard InChI is InChI=1S/C12H25NO/c1-9(2)12-5-6-13(10(3)4)7-11(12)8-14/h9-12,14H,5-8H2,1-4H3/t11-,12-/m1/s1. The van der Waals surface area contributed by atoms with Crippen molar-refractivity contribution in [2.75, 3.05) is 19.7 Å². The van der Waals surface area contributed by atoms with Crippen LogP contribution in [-0.2, 0) is 0 Å². The maximum absolute atomic E-state index is 9.38. The molecule has 0 aromatic carbocycles. The van der Waals surface area contributed by atoms with Crippen LogP contribution in [0.2, 0.25) is 0 Å².